The Bertz CT molecular complexity index is 1310. The summed E-state index contributed by atoms with van der Waals surface area (Å²) in [6, 6.07) is 18.1. The zero-order valence-electron chi connectivity index (χ0n) is 17.3. The molecule has 0 fully saturated rings. The Hall–Kier alpha value is -2.98. The molecule has 0 saturated heterocycles. The van der Waals surface area contributed by atoms with Crippen LogP contribution in [0.15, 0.2) is 65.6 Å². The van der Waals surface area contributed by atoms with Crippen LogP contribution >= 0.6 is 23.2 Å². The van der Waals surface area contributed by atoms with Crippen LogP contribution in [-0.2, 0) is 10.1 Å². The summed E-state index contributed by atoms with van der Waals surface area (Å²) in [6.07, 6.45) is 1.62. The van der Waals surface area contributed by atoms with E-state index >= 15 is 0 Å². The molecule has 0 unspecified atom stereocenters. The van der Waals surface area contributed by atoms with E-state index in [1.807, 2.05) is 6.92 Å². The molecular formula is C24H19Cl2NO4S. The molecule has 3 aromatic rings. The van der Waals surface area contributed by atoms with E-state index in [-0.39, 0.29) is 16.4 Å². The van der Waals surface area contributed by atoms with Crippen molar-refractivity contribution in [3.63, 3.8) is 0 Å². The lowest BCUT2D eigenvalue weighted by Gasteiger charge is -2.13. The smallest absolute Gasteiger partial charge is 0.339 e. The number of hydrogen-bond acceptors (Lipinski definition) is 5. The van der Waals surface area contributed by atoms with Crippen molar-refractivity contribution in [1.82, 2.24) is 0 Å². The van der Waals surface area contributed by atoms with Crippen LogP contribution in [0.4, 0.5) is 0 Å². The molecule has 8 heteroatoms. The molecule has 0 radical (unpaired) electrons. The maximum absolute atomic E-state index is 12.7. The molecule has 0 bridgehead atoms. The molecule has 0 amide bonds. The highest BCUT2D eigenvalue weighted by Gasteiger charge is 2.19. The summed E-state index contributed by atoms with van der Waals surface area (Å²) >= 11 is 12.2. The minimum absolute atomic E-state index is 0.0404. The van der Waals surface area contributed by atoms with E-state index in [2.05, 4.69) is 6.07 Å². The molecule has 0 spiro atoms. The Morgan fingerprint density at radius 3 is 2.38 bits per heavy atom. The summed E-state index contributed by atoms with van der Waals surface area (Å²) in [5.74, 6) is 0.282. The summed E-state index contributed by atoms with van der Waals surface area (Å²) in [6.45, 7) is 3.93. The third-order valence-corrected chi connectivity index (χ3v) is 6.23. The van der Waals surface area contributed by atoms with Crippen molar-refractivity contribution in [1.29, 1.82) is 5.26 Å². The van der Waals surface area contributed by atoms with Gasteiger partial charge in [-0.2, -0.15) is 13.7 Å². The SMILES string of the molecule is CCOc1cc(/C=C(\C#N)c2ccc(Cl)cc2Cl)ccc1OS(=O)(=O)c1ccc(C)cc1. The van der Waals surface area contributed by atoms with Gasteiger partial charge in [0.05, 0.1) is 23.3 Å². The molecule has 5 nitrogen and oxygen atoms in total. The standard InChI is InChI=1S/C24H19Cl2NO4S/c1-3-30-24-13-17(12-18(15-27)21-10-7-19(25)14-22(21)26)6-11-23(24)31-32(28,29)20-8-4-16(2)5-9-20/h4-14H,3H2,1-2H3/b18-12+. The summed E-state index contributed by atoms with van der Waals surface area (Å²) in [7, 11) is -4.04. The van der Waals surface area contributed by atoms with E-state index in [9.17, 15) is 13.7 Å². The molecule has 0 aliphatic rings. The van der Waals surface area contributed by atoms with Crippen LogP contribution in [0, 0.1) is 18.3 Å². The zero-order chi connectivity index (χ0) is 23.3. The summed E-state index contributed by atoms with van der Waals surface area (Å²) in [5, 5.41) is 10.4. The number of ether oxygens (including phenoxy) is 1. The Morgan fingerprint density at radius 2 is 1.75 bits per heavy atom. The maximum atomic E-state index is 12.7. The van der Waals surface area contributed by atoms with E-state index in [4.69, 9.17) is 32.1 Å². The van der Waals surface area contributed by atoms with Gasteiger partial charge in [0, 0.05) is 10.6 Å². The average Bonchev–Trinajstić information content (AvgIpc) is 2.74. The van der Waals surface area contributed by atoms with Gasteiger partial charge < -0.3 is 8.92 Å². The minimum Gasteiger partial charge on any atom is -0.490 e. The van der Waals surface area contributed by atoms with Gasteiger partial charge in [-0.1, -0.05) is 53.0 Å². The number of nitriles is 1. The fourth-order valence-corrected chi connectivity index (χ4v) is 4.32. The second-order valence-corrected chi connectivity index (χ2v) is 9.17. The molecule has 3 rings (SSSR count). The third kappa shape index (κ3) is 5.63. The average molecular weight is 488 g/mol. The molecule has 0 aliphatic carbocycles. The summed E-state index contributed by atoms with van der Waals surface area (Å²) < 4.78 is 36.3. The van der Waals surface area contributed by atoms with Gasteiger partial charge in [-0.05, 0) is 61.9 Å². The van der Waals surface area contributed by atoms with Crippen LogP contribution in [0.25, 0.3) is 11.6 Å². The first-order valence-electron chi connectivity index (χ1n) is 9.58. The Morgan fingerprint density at radius 1 is 1.03 bits per heavy atom. The van der Waals surface area contributed by atoms with Gasteiger partial charge in [0.1, 0.15) is 4.90 Å². The lowest BCUT2D eigenvalue weighted by atomic mass is 10.0. The number of aryl methyl sites for hydroxylation is 1. The fraction of sp³-hybridized carbons (Fsp3) is 0.125. The number of benzene rings is 3. The van der Waals surface area contributed by atoms with E-state index in [1.54, 1.807) is 55.5 Å². The van der Waals surface area contributed by atoms with Gasteiger partial charge in [-0.15, -0.1) is 0 Å². The second-order valence-electron chi connectivity index (χ2n) is 6.78. The molecule has 0 saturated carbocycles. The topological polar surface area (TPSA) is 76.4 Å². The number of allylic oxidation sites excluding steroid dienone is 1. The van der Waals surface area contributed by atoms with Crippen LogP contribution in [0.3, 0.4) is 0 Å². The van der Waals surface area contributed by atoms with Crippen molar-refractivity contribution in [2.24, 2.45) is 0 Å². The van der Waals surface area contributed by atoms with Crippen LogP contribution < -0.4 is 8.92 Å². The first-order chi connectivity index (χ1) is 15.2. The molecule has 0 aromatic heterocycles. The lowest BCUT2D eigenvalue weighted by molar-refractivity contribution is 0.327. The molecule has 3 aromatic carbocycles. The first kappa shape index (κ1) is 23.7. The quantitative estimate of drug-likeness (QED) is 0.215. The van der Waals surface area contributed by atoms with Crippen molar-refractivity contribution >= 4 is 45.0 Å². The maximum Gasteiger partial charge on any atom is 0.339 e. The van der Waals surface area contributed by atoms with Crippen molar-refractivity contribution in [2.45, 2.75) is 18.7 Å². The van der Waals surface area contributed by atoms with E-state index in [1.165, 1.54) is 18.2 Å². The Balaban J connectivity index is 1.97. The van der Waals surface area contributed by atoms with Gasteiger partial charge in [0.15, 0.2) is 11.5 Å². The Kier molecular flexibility index (Phi) is 7.47. The number of nitrogens with zero attached hydrogens (tertiary/aromatic N) is 1. The van der Waals surface area contributed by atoms with Gasteiger partial charge in [0.25, 0.3) is 0 Å². The zero-order valence-corrected chi connectivity index (χ0v) is 19.6. The largest absolute Gasteiger partial charge is 0.490 e. The Labute approximate surface area is 197 Å². The highest BCUT2D eigenvalue weighted by atomic mass is 35.5. The van der Waals surface area contributed by atoms with Crippen molar-refractivity contribution in [2.75, 3.05) is 6.61 Å². The van der Waals surface area contributed by atoms with Gasteiger partial charge >= 0.3 is 10.1 Å². The molecule has 0 aliphatic heterocycles. The van der Waals surface area contributed by atoms with Crippen LogP contribution in [-0.4, -0.2) is 15.0 Å². The summed E-state index contributed by atoms with van der Waals surface area (Å²) in [5.41, 5.74) is 2.38. The van der Waals surface area contributed by atoms with Crippen LogP contribution in [0.1, 0.15) is 23.6 Å². The van der Waals surface area contributed by atoms with E-state index in [0.717, 1.165) is 5.56 Å². The third-order valence-electron chi connectivity index (χ3n) is 4.43. The number of halogens is 2. The van der Waals surface area contributed by atoms with Gasteiger partial charge in [-0.25, -0.2) is 0 Å². The molecule has 0 heterocycles. The highest BCUT2D eigenvalue weighted by molar-refractivity contribution is 7.87. The van der Waals surface area contributed by atoms with Crippen LogP contribution in [0.5, 0.6) is 11.5 Å². The molecule has 164 valence electrons. The molecular weight excluding hydrogens is 469 g/mol. The monoisotopic (exact) mass is 487 g/mol. The van der Waals surface area contributed by atoms with Gasteiger partial charge in [-0.3, -0.25) is 0 Å². The lowest BCUT2D eigenvalue weighted by Crippen LogP contribution is -2.10. The second kappa shape index (κ2) is 10.1. The predicted octanol–water partition coefficient (Wildman–Crippen LogP) is 6.53. The van der Waals surface area contributed by atoms with E-state index in [0.29, 0.717) is 33.4 Å². The van der Waals surface area contributed by atoms with E-state index < -0.39 is 10.1 Å². The van der Waals surface area contributed by atoms with Crippen LogP contribution in [0.2, 0.25) is 10.0 Å². The fourth-order valence-electron chi connectivity index (χ4n) is 2.87. The molecule has 0 N–H and O–H groups in total. The van der Waals surface area contributed by atoms with Crippen molar-refractivity contribution in [3.8, 4) is 17.6 Å². The highest BCUT2D eigenvalue weighted by Crippen LogP contribution is 2.33. The molecule has 32 heavy (non-hydrogen) atoms. The molecule has 0 atom stereocenters. The number of rotatable bonds is 7. The summed E-state index contributed by atoms with van der Waals surface area (Å²) in [4.78, 5) is 0.0404. The predicted molar refractivity (Wildman–Crippen MR) is 127 cm³/mol. The van der Waals surface area contributed by atoms with Crippen molar-refractivity contribution < 1.29 is 17.3 Å². The minimum atomic E-state index is -4.04. The first-order valence-corrected chi connectivity index (χ1v) is 11.7. The number of hydrogen-bond donors (Lipinski definition) is 0. The van der Waals surface area contributed by atoms with Crippen molar-refractivity contribution in [3.05, 3.63) is 87.4 Å². The van der Waals surface area contributed by atoms with Gasteiger partial charge in [0.2, 0.25) is 0 Å². The normalized spacial score (nSPS) is 11.7.